The van der Waals surface area contributed by atoms with Crippen LogP contribution in [0.2, 0.25) is 0 Å². The summed E-state index contributed by atoms with van der Waals surface area (Å²) in [5.41, 5.74) is 1.60. The van der Waals surface area contributed by atoms with Gasteiger partial charge in [-0.3, -0.25) is 4.79 Å². The van der Waals surface area contributed by atoms with Gasteiger partial charge >= 0.3 is 0 Å². The fraction of sp³-hybridized carbons (Fsp3) is 0.176. The largest absolute Gasteiger partial charge is 0.493 e. The van der Waals surface area contributed by atoms with Crippen LogP contribution in [0.4, 0.5) is 5.69 Å². The third-order valence-electron chi connectivity index (χ3n) is 3.00. The monoisotopic (exact) mass is 296 g/mol. The molecule has 0 aliphatic carbocycles. The summed E-state index contributed by atoms with van der Waals surface area (Å²) in [5.74, 6) is 0.927. The fourth-order valence-corrected chi connectivity index (χ4v) is 1.92. The number of carbonyl (C=O) groups excluding carboxylic acids is 1. The first-order valence-electron chi connectivity index (χ1n) is 6.80. The van der Waals surface area contributed by atoms with Gasteiger partial charge in [0.05, 0.1) is 25.3 Å². The molecular formula is C17H16N2O3. The molecule has 0 fully saturated rings. The van der Waals surface area contributed by atoms with Gasteiger partial charge in [-0.2, -0.15) is 5.26 Å². The minimum Gasteiger partial charge on any atom is -0.493 e. The molecule has 22 heavy (non-hydrogen) atoms. The number of amides is 1. The summed E-state index contributed by atoms with van der Waals surface area (Å²) in [4.78, 5) is 12.2. The summed E-state index contributed by atoms with van der Waals surface area (Å²) in [5, 5.41) is 11.5. The number of methoxy groups -OCH3 is 1. The highest BCUT2D eigenvalue weighted by Crippen LogP contribution is 2.30. The maximum atomic E-state index is 12.2. The number of ether oxygens (including phenoxy) is 2. The van der Waals surface area contributed by atoms with Crippen molar-refractivity contribution in [3.63, 3.8) is 0 Å². The molecule has 0 atom stereocenters. The van der Waals surface area contributed by atoms with Gasteiger partial charge in [0.2, 0.25) is 0 Å². The third-order valence-corrected chi connectivity index (χ3v) is 3.00. The number of anilines is 1. The quantitative estimate of drug-likeness (QED) is 0.919. The van der Waals surface area contributed by atoms with E-state index in [0.29, 0.717) is 34.9 Å². The molecule has 2 rings (SSSR count). The number of hydrogen-bond donors (Lipinski definition) is 1. The first-order chi connectivity index (χ1) is 10.7. The van der Waals surface area contributed by atoms with E-state index in [0.717, 1.165) is 0 Å². The van der Waals surface area contributed by atoms with Crippen molar-refractivity contribution in [2.24, 2.45) is 0 Å². The topological polar surface area (TPSA) is 71.3 Å². The highest BCUT2D eigenvalue weighted by Gasteiger charge is 2.09. The van der Waals surface area contributed by atoms with Crippen LogP contribution in [0.5, 0.6) is 11.5 Å². The molecule has 0 saturated carbocycles. The Morgan fingerprint density at radius 1 is 1.18 bits per heavy atom. The summed E-state index contributed by atoms with van der Waals surface area (Å²) >= 11 is 0. The van der Waals surface area contributed by atoms with E-state index in [-0.39, 0.29) is 5.91 Å². The molecule has 5 heteroatoms. The first-order valence-corrected chi connectivity index (χ1v) is 6.80. The van der Waals surface area contributed by atoms with Gasteiger partial charge in [0.1, 0.15) is 0 Å². The molecule has 112 valence electrons. The molecule has 0 saturated heterocycles. The minimum absolute atomic E-state index is 0.254. The lowest BCUT2D eigenvalue weighted by molar-refractivity contribution is 0.102. The first kappa shape index (κ1) is 15.4. The Kier molecular flexibility index (Phi) is 4.99. The van der Waals surface area contributed by atoms with Crippen molar-refractivity contribution in [2.45, 2.75) is 6.92 Å². The van der Waals surface area contributed by atoms with Crippen LogP contribution in [0.1, 0.15) is 22.8 Å². The van der Waals surface area contributed by atoms with Crippen LogP contribution in [-0.2, 0) is 0 Å². The number of nitriles is 1. The molecule has 0 unspecified atom stereocenters. The molecule has 0 spiro atoms. The zero-order chi connectivity index (χ0) is 15.9. The number of carbonyl (C=O) groups is 1. The average Bonchev–Trinajstić information content (AvgIpc) is 2.56. The van der Waals surface area contributed by atoms with Gasteiger partial charge < -0.3 is 14.8 Å². The lowest BCUT2D eigenvalue weighted by Gasteiger charge is -2.11. The summed E-state index contributed by atoms with van der Waals surface area (Å²) < 4.78 is 10.7. The van der Waals surface area contributed by atoms with Crippen LogP contribution in [0.15, 0.2) is 42.5 Å². The van der Waals surface area contributed by atoms with E-state index in [9.17, 15) is 4.79 Å². The van der Waals surface area contributed by atoms with Gasteiger partial charge in [-0.05, 0) is 43.3 Å². The Labute approximate surface area is 129 Å². The van der Waals surface area contributed by atoms with Gasteiger partial charge in [0, 0.05) is 17.3 Å². The molecule has 2 aromatic carbocycles. The second kappa shape index (κ2) is 7.14. The fourth-order valence-electron chi connectivity index (χ4n) is 1.92. The molecule has 0 aliphatic rings. The van der Waals surface area contributed by atoms with Crippen LogP contribution >= 0.6 is 0 Å². The molecule has 0 aromatic heterocycles. The lowest BCUT2D eigenvalue weighted by atomic mass is 10.1. The lowest BCUT2D eigenvalue weighted by Crippen LogP contribution is -2.12. The minimum atomic E-state index is -0.254. The number of nitrogens with zero attached hydrogens (tertiary/aromatic N) is 1. The molecule has 1 amide bonds. The van der Waals surface area contributed by atoms with Crippen LogP contribution in [0, 0.1) is 11.3 Å². The van der Waals surface area contributed by atoms with Crippen molar-refractivity contribution in [1.82, 2.24) is 0 Å². The standard InChI is InChI=1S/C17H16N2O3/c1-3-22-15-9-8-14(10-16(15)21-2)19-17(20)13-6-4-12(11-18)5-7-13/h4-10H,3H2,1-2H3,(H,19,20). The highest BCUT2D eigenvalue weighted by atomic mass is 16.5. The van der Waals surface area contributed by atoms with E-state index >= 15 is 0 Å². The van der Waals surface area contributed by atoms with Crippen LogP contribution in [-0.4, -0.2) is 19.6 Å². The summed E-state index contributed by atoms with van der Waals surface area (Å²) in [7, 11) is 1.55. The van der Waals surface area contributed by atoms with Crippen molar-refractivity contribution < 1.29 is 14.3 Å². The van der Waals surface area contributed by atoms with Gasteiger partial charge in [-0.1, -0.05) is 0 Å². The summed E-state index contributed by atoms with van der Waals surface area (Å²) in [6.45, 7) is 2.42. The van der Waals surface area contributed by atoms with Crippen LogP contribution in [0.25, 0.3) is 0 Å². The Bertz CT molecular complexity index is 703. The summed E-state index contributed by atoms with van der Waals surface area (Å²) in [6.07, 6.45) is 0. The smallest absolute Gasteiger partial charge is 0.255 e. The van der Waals surface area contributed by atoms with E-state index < -0.39 is 0 Å². The third kappa shape index (κ3) is 3.55. The van der Waals surface area contributed by atoms with Crippen molar-refractivity contribution in [3.8, 4) is 17.6 Å². The van der Waals surface area contributed by atoms with Gasteiger partial charge in [0.25, 0.3) is 5.91 Å². The molecule has 0 radical (unpaired) electrons. The molecule has 0 bridgehead atoms. The molecule has 1 N–H and O–H groups in total. The van der Waals surface area contributed by atoms with Crippen molar-refractivity contribution in [2.75, 3.05) is 19.0 Å². The van der Waals surface area contributed by atoms with Crippen LogP contribution < -0.4 is 14.8 Å². The van der Waals surface area contributed by atoms with Crippen molar-refractivity contribution >= 4 is 11.6 Å². The average molecular weight is 296 g/mol. The Balaban J connectivity index is 2.15. The number of benzene rings is 2. The predicted molar refractivity (Wildman–Crippen MR) is 83.3 cm³/mol. The van der Waals surface area contributed by atoms with E-state index in [1.165, 1.54) is 0 Å². The maximum Gasteiger partial charge on any atom is 0.255 e. The van der Waals surface area contributed by atoms with Gasteiger partial charge in [-0.25, -0.2) is 0 Å². The molecule has 5 nitrogen and oxygen atoms in total. The molecule has 2 aromatic rings. The Morgan fingerprint density at radius 2 is 1.91 bits per heavy atom. The number of nitrogens with one attached hydrogen (secondary N) is 1. The Morgan fingerprint density at radius 3 is 2.50 bits per heavy atom. The second-order valence-electron chi connectivity index (χ2n) is 4.44. The molecule has 0 heterocycles. The number of hydrogen-bond acceptors (Lipinski definition) is 4. The number of rotatable bonds is 5. The molecular weight excluding hydrogens is 280 g/mol. The SMILES string of the molecule is CCOc1ccc(NC(=O)c2ccc(C#N)cc2)cc1OC. The van der Waals surface area contributed by atoms with E-state index in [2.05, 4.69) is 5.32 Å². The summed E-state index contributed by atoms with van der Waals surface area (Å²) in [6, 6.07) is 13.6. The zero-order valence-electron chi connectivity index (χ0n) is 12.4. The van der Waals surface area contributed by atoms with Crippen molar-refractivity contribution in [3.05, 3.63) is 53.6 Å². The van der Waals surface area contributed by atoms with Gasteiger partial charge in [-0.15, -0.1) is 0 Å². The Hall–Kier alpha value is -3.00. The predicted octanol–water partition coefficient (Wildman–Crippen LogP) is 3.22. The van der Waals surface area contributed by atoms with Crippen LogP contribution in [0.3, 0.4) is 0 Å². The second-order valence-corrected chi connectivity index (χ2v) is 4.44. The zero-order valence-corrected chi connectivity index (χ0v) is 12.4. The normalized spacial score (nSPS) is 9.68. The maximum absolute atomic E-state index is 12.2. The van der Waals surface area contributed by atoms with Gasteiger partial charge in [0.15, 0.2) is 11.5 Å². The van der Waals surface area contributed by atoms with E-state index in [1.807, 2.05) is 13.0 Å². The van der Waals surface area contributed by atoms with E-state index in [4.69, 9.17) is 14.7 Å². The molecule has 0 aliphatic heterocycles. The highest BCUT2D eigenvalue weighted by molar-refractivity contribution is 6.04. The van der Waals surface area contributed by atoms with E-state index in [1.54, 1.807) is 49.6 Å². The van der Waals surface area contributed by atoms with Crippen molar-refractivity contribution in [1.29, 1.82) is 5.26 Å².